The normalized spacial score (nSPS) is 16.5. The molecular weight excluding hydrogens is 544 g/mol. The van der Waals surface area contributed by atoms with Gasteiger partial charge in [0.1, 0.15) is 0 Å². The topological polar surface area (TPSA) is 111 Å². The Hall–Kier alpha value is -3.50. The van der Waals surface area contributed by atoms with Crippen LogP contribution >= 0.6 is 23.4 Å². The number of thioether (sulfide) groups is 1. The van der Waals surface area contributed by atoms with Crippen LogP contribution in [0.25, 0.3) is 0 Å². The Balaban J connectivity index is 1.95. The van der Waals surface area contributed by atoms with E-state index in [4.69, 9.17) is 21.1 Å². The summed E-state index contributed by atoms with van der Waals surface area (Å²) >= 11 is 7.70. The summed E-state index contributed by atoms with van der Waals surface area (Å²) in [7, 11) is 4.33. The van der Waals surface area contributed by atoms with E-state index >= 15 is 0 Å². The van der Waals surface area contributed by atoms with E-state index < -0.39 is 22.4 Å². The lowest BCUT2D eigenvalue weighted by Gasteiger charge is -2.24. The van der Waals surface area contributed by atoms with Gasteiger partial charge >= 0.3 is 5.97 Å². The van der Waals surface area contributed by atoms with Crippen LogP contribution in [0.5, 0.6) is 11.5 Å². The molecule has 0 spiro atoms. The summed E-state index contributed by atoms with van der Waals surface area (Å²) in [6.45, 7) is 3.77. The first-order chi connectivity index (χ1) is 18.7. The van der Waals surface area contributed by atoms with Crippen molar-refractivity contribution in [2.24, 2.45) is 0 Å². The number of halogens is 1. The summed E-state index contributed by atoms with van der Waals surface area (Å²) in [6.07, 6.45) is 1.32. The Morgan fingerprint density at radius 2 is 1.87 bits per heavy atom. The summed E-state index contributed by atoms with van der Waals surface area (Å²) in [6, 6.07) is 10.8. The second kappa shape index (κ2) is 14.0. The van der Waals surface area contributed by atoms with Gasteiger partial charge in [0.15, 0.2) is 17.3 Å². The SMILES string of the molecule is C=CCN1C(=O)C(CC(=O)NCC(=O)CCC(=O)OC)SC(c2cccc(OC)c2OC)c2cc(Cl)ccc21. The Bertz CT molecular complexity index is 1250. The molecule has 2 atom stereocenters. The van der Waals surface area contributed by atoms with Gasteiger partial charge in [0.2, 0.25) is 11.8 Å². The van der Waals surface area contributed by atoms with Gasteiger partial charge in [-0.2, -0.15) is 0 Å². The van der Waals surface area contributed by atoms with E-state index in [1.807, 2.05) is 12.1 Å². The molecule has 1 N–H and O–H groups in total. The molecule has 2 aromatic carbocycles. The molecule has 9 nitrogen and oxygen atoms in total. The summed E-state index contributed by atoms with van der Waals surface area (Å²) in [4.78, 5) is 51.7. The molecule has 0 saturated heterocycles. The number of nitrogens with one attached hydrogen (secondary N) is 1. The molecule has 1 aliphatic rings. The number of anilines is 1. The molecule has 3 rings (SSSR count). The molecule has 1 aliphatic heterocycles. The number of carbonyl (C=O) groups is 4. The minimum Gasteiger partial charge on any atom is -0.493 e. The molecular formula is C28H31ClN2O7S. The maximum Gasteiger partial charge on any atom is 0.305 e. The number of rotatable bonds is 12. The first-order valence-electron chi connectivity index (χ1n) is 12.2. The minimum absolute atomic E-state index is 0.0506. The number of nitrogens with zero attached hydrogens (tertiary/aromatic N) is 1. The van der Waals surface area contributed by atoms with E-state index in [9.17, 15) is 19.2 Å². The van der Waals surface area contributed by atoms with Gasteiger partial charge in [-0.3, -0.25) is 19.2 Å². The Morgan fingerprint density at radius 3 is 2.54 bits per heavy atom. The lowest BCUT2D eigenvalue weighted by Crippen LogP contribution is -2.40. The van der Waals surface area contributed by atoms with E-state index in [0.29, 0.717) is 22.2 Å². The van der Waals surface area contributed by atoms with Gasteiger partial charge in [-0.05, 0) is 29.8 Å². The predicted octanol–water partition coefficient (Wildman–Crippen LogP) is 4.11. The van der Waals surface area contributed by atoms with Gasteiger partial charge in [-0.1, -0.05) is 29.8 Å². The molecule has 0 saturated carbocycles. The zero-order valence-electron chi connectivity index (χ0n) is 22.0. The zero-order chi connectivity index (χ0) is 28.5. The molecule has 2 unspecified atom stereocenters. The van der Waals surface area contributed by atoms with Crippen molar-refractivity contribution in [3.63, 3.8) is 0 Å². The van der Waals surface area contributed by atoms with Crippen LogP contribution in [0.4, 0.5) is 5.69 Å². The summed E-state index contributed by atoms with van der Waals surface area (Å²) in [5.74, 6) is -0.532. The molecule has 2 aromatic rings. The molecule has 0 aromatic heterocycles. The standard InChI is InChI=1S/C28H31ClN2O7S/c1-5-13-31-21-11-9-17(29)14-20(21)27(19-7-6-8-22(36-2)26(19)38-4)39-23(28(31)35)15-24(33)30-16-18(32)10-12-25(34)37-3/h5-9,11,14,23,27H,1,10,12-13,15-16H2,2-4H3,(H,30,33). The average Bonchev–Trinajstić information content (AvgIpc) is 3.04. The smallest absolute Gasteiger partial charge is 0.305 e. The largest absolute Gasteiger partial charge is 0.493 e. The number of methoxy groups -OCH3 is 3. The minimum atomic E-state index is -0.804. The number of carbonyl (C=O) groups excluding carboxylic acids is 4. The van der Waals surface area contributed by atoms with Crippen molar-refractivity contribution in [2.45, 2.75) is 29.8 Å². The molecule has 0 fully saturated rings. The second-order valence-electron chi connectivity index (χ2n) is 8.62. The number of ether oxygens (including phenoxy) is 3. The lowest BCUT2D eigenvalue weighted by atomic mass is 10.00. The first-order valence-corrected chi connectivity index (χ1v) is 13.5. The molecule has 0 aliphatic carbocycles. The third-order valence-electron chi connectivity index (χ3n) is 6.12. The Morgan fingerprint density at radius 1 is 1.10 bits per heavy atom. The van der Waals surface area contributed by atoms with Gasteiger partial charge < -0.3 is 24.4 Å². The van der Waals surface area contributed by atoms with Gasteiger partial charge in [0, 0.05) is 35.7 Å². The molecule has 39 heavy (non-hydrogen) atoms. The number of amides is 2. The van der Waals surface area contributed by atoms with Gasteiger partial charge in [0.25, 0.3) is 0 Å². The number of fused-ring (bicyclic) bond motifs is 1. The molecule has 1 heterocycles. The second-order valence-corrected chi connectivity index (χ2v) is 10.4. The fraction of sp³-hybridized carbons (Fsp3) is 0.357. The Kier molecular flexibility index (Phi) is 10.8. The van der Waals surface area contributed by atoms with Gasteiger partial charge in [-0.15, -0.1) is 18.3 Å². The fourth-order valence-electron chi connectivity index (χ4n) is 4.25. The van der Waals surface area contributed by atoms with Crippen molar-refractivity contribution in [3.8, 4) is 11.5 Å². The fourth-order valence-corrected chi connectivity index (χ4v) is 5.92. The molecule has 2 amide bonds. The van der Waals surface area contributed by atoms with E-state index in [0.717, 1.165) is 11.1 Å². The number of hydrogen-bond acceptors (Lipinski definition) is 8. The number of esters is 1. The number of para-hydroxylation sites is 1. The van der Waals surface area contributed by atoms with E-state index in [2.05, 4.69) is 16.6 Å². The Labute approximate surface area is 236 Å². The van der Waals surface area contributed by atoms with Crippen molar-refractivity contribution < 1.29 is 33.4 Å². The van der Waals surface area contributed by atoms with Crippen molar-refractivity contribution in [3.05, 3.63) is 65.2 Å². The highest BCUT2D eigenvalue weighted by Gasteiger charge is 2.38. The summed E-state index contributed by atoms with van der Waals surface area (Å²) < 4.78 is 15.7. The number of hydrogen-bond donors (Lipinski definition) is 1. The zero-order valence-corrected chi connectivity index (χ0v) is 23.6. The number of ketones is 1. The number of Topliss-reactive ketones (excluding diaryl/α,β-unsaturated/α-hetero) is 1. The number of benzene rings is 2. The molecule has 0 bridgehead atoms. The van der Waals surface area contributed by atoms with Crippen molar-refractivity contribution >= 4 is 52.6 Å². The van der Waals surface area contributed by atoms with Crippen LogP contribution in [-0.2, 0) is 23.9 Å². The van der Waals surface area contributed by atoms with Crippen molar-refractivity contribution in [1.29, 1.82) is 0 Å². The first kappa shape index (κ1) is 30.0. The average molecular weight is 575 g/mol. The maximum absolute atomic E-state index is 13.8. The van der Waals surface area contributed by atoms with E-state index in [-0.39, 0.29) is 44.0 Å². The van der Waals surface area contributed by atoms with Gasteiger partial charge in [0.05, 0.1) is 44.8 Å². The van der Waals surface area contributed by atoms with E-state index in [1.54, 1.807) is 49.5 Å². The van der Waals surface area contributed by atoms with Crippen LogP contribution in [0.2, 0.25) is 5.02 Å². The molecule has 0 radical (unpaired) electrons. The predicted molar refractivity (Wildman–Crippen MR) is 151 cm³/mol. The van der Waals surface area contributed by atoms with Crippen molar-refractivity contribution in [1.82, 2.24) is 5.32 Å². The summed E-state index contributed by atoms with van der Waals surface area (Å²) in [5, 5.41) is 1.82. The van der Waals surface area contributed by atoms with Crippen LogP contribution < -0.4 is 19.7 Å². The van der Waals surface area contributed by atoms with Crippen LogP contribution in [0.1, 0.15) is 35.6 Å². The third kappa shape index (κ3) is 7.33. The van der Waals surface area contributed by atoms with E-state index in [1.165, 1.54) is 18.9 Å². The third-order valence-corrected chi connectivity index (χ3v) is 7.83. The van der Waals surface area contributed by atoms with Gasteiger partial charge in [-0.25, -0.2) is 0 Å². The summed E-state index contributed by atoms with van der Waals surface area (Å²) in [5.41, 5.74) is 2.17. The van der Waals surface area contributed by atoms with Crippen LogP contribution in [0.3, 0.4) is 0 Å². The van der Waals surface area contributed by atoms with Crippen molar-refractivity contribution in [2.75, 3.05) is 39.3 Å². The molecule has 208 valence electrons. The van der Waals surface area contributed by atoms with Crippen LogP contribution in [0, 0.1) is 0 Å². The maximum atomic E-state index is 13.8. The van der Waals surface area contributed by atoms with Crippen LogP contribution in [0.15, 0.2) is 49.1 Å². The highest BCUT2D eigenvalue weighted by atomic mass is 35.5. The van der Waals surface area contributed by atoms with Crippen LogP contribution in [-0.4, -0.2) is 63.2 Å². The lowest BCUT2D eigenvalue weighted by molar-refractivity contribution is -0.141. The molecule has 11 heteroatoms. The highest BCUT2D eigenvalue weighted by Crippen LogP contribution is 2.51. The highest BCUT2D eigenvalue weighted by molar-refractivity contribution is 8.01. The quantitative estimate of drug-likeness (QED) is 0.298. The monoisotopic (exact) mass is 574 g/mol.